The molecular formula is C19H21N3O3. The van der Waals surface area contributed by atoms with Crippen LogP contribution in [-0.4, -0.2) is 43.1 Å². The van der Waals surface area contributed by atoms with Crippen LogP contribution in [0, 0.1) is 0 Å². The first-order chi connectivity index (χ1) is 12.1. The highest BCUT2D eigenvalue weighted by Crippen LogP contribution is 2.24. The van der Waals surface area contributed by atoms with Crippen LogP contribution in [0.15, 0.2) is 54.6 Å². The zero-order valence-electron chi connectivity index (χ0n) is 14.3. The normalized spacial score (nSPS) is 17.4. The minimum Gasteiger partial charge on any atom is -0.497 e. The van der Waals surface area contributed by atoms with E-state index in [0.29, 0.717) is 24.5 Å². The highest BCUT2D eigenvalue weighted by atomic mass is 16.5. The molecule has 0 aromatic heterocycles. The number of ether oxygens (including phenoxy) is 1. The third kappa shape index (κ3) is 3.57. The lowest BCUT2D eigenvalue weighted by molar-refractivity contribution is -0.123. The molecule has 25 heavy (non-hydrogen) atoms. The molecule has 6 nitrogen and oxygen atoms in total. The molecule has 0 unspecified atom stereocenters. The van der Waals surface area contributed by atoms with Gasteiger partial charge in [-0.3, -0.25) is 4.79 Å². The number of nitrogens with one attached hydrogen (secondary N) is 1. The lowest BCUT2D eigenvalue weighted by Crippen LogP contribution is -2.58. The van der Waals surface area contributed by atoms with Gasteiger partial charge in [-0.25, -0.2) is 4.79 Å². The minimum absolute atomic E-state index is 0.109. The molecule has 0 aliphatic carbocycles. The van der Waals surface area contributed by atoms with Crippen LogP contribution in [0.1, 0.15) is 6.92 Å². The van der Waals surface area contributed by atoms with Gasteiger partial charge in [0.2, 0.25) is 5.91 Å². The van der Waals surface area contributed by atoms with Gasteiger partial charge >= 0.3 is 6.03 Å². The zero-order valence-corrected chi connectivity index (χ0v) is 14.3. The van der Waals surface area contributed by atoms with Crippen LogP contribution < -0.4 is 15.0 Å². The van der Waals surface area contributed by atoms with E-state index in [4.69, 9.17) is 4.74 Å². The Balaban J connectivity index is 1.71. The molecule has 1 heterocycles. The van der Waals surface area contributed by atoms with Gasteiger partial charge < -0.3 is 19.9 Å². The van der Waals surface area contributed by atoms with Gasteiger partial charge in [-0.1, -0.05) is 24.3 Å². The molecule has 1 fully saturated rings. The molecule has 1 N–H and O–H groups in total. The number of carbonyl (C=O) groups is 2. The zero-order chi connectivity index (χ0) is 17.8. The molecule has 0 saturated carbocycles. The molecule has 1 aliphatic heterocycles. The van der Waals surface area contributed by atoms with Gasteiger partial charge in [0, 0.05) is 30.5 Å². The number of urea groups is 1. The van der Waals surface area contributed by atoms with Crippen LogP contribution in [0.3, 0.4) is 0 Å². The maximum absolute atomic E-state index is 12.8. The first-order valence-corrected chi connectivity index (χ1v) is 8.18. The van der Waals surface area contributed by atoms with Crippen molar-refractivity contribution in [2.75, 3.05) is 30.4 Å². The molecule has 2 aromatic rings. The van der Waals surface area contributed by atoms with Crippen molar-refractivity contribution in [1.82, 2.24) is 4.90 Å². The Morgan fingerprint density at radius 3 is 2.60 bits per heavy atom. The Morgan fingerprint density at radius 2 is 1.88 bits per heavy atom. The van der Waals surface area contributed by atoms with Crippen molar-refractivity contribution in [3.8, 4) is 5.75 Å². The van der Waals surface area contributed by atoms with Crippen molar-refractivity contribution in [3.05, 3.63) is 54.6 Å². The van der Waals surface area contributed by atoms with Crippen molar-refractivity contribution < 1.29 is 14.3 Å². The second-order valence-electron chi connectivity index (χ2n) is 5.86. The number of methoxy groups -OCH3 is 1. The van der Waals surface area contributed by atoms with Crippen LogP contribution in [0.25, 0.3) is 0 Å². The van der Waals surface area contributed by atoms with Gasteiger partial charge in [-0.05, 0) is 31.2 Å². The molecule has 130 valence electrons. The average Bonchev–Trinajstić information content (AvgIpc) is 2.64. The summed E-state index contributed by atoms with van der Waals surface area (Å²) in [4.78, 5) is 28.5. The third-order valence-corrected chi connectivity index (χ3v) is 4.31. The Morgan fingerprint density at radius 1 is 1.12 bits per heavy atom. The average molecular weight is 339 g/mol. The highest BCUT2D eigenvalue weighted by Gasteiger charge is 2.35. The van der Waals surface area contributed by atoms with E-state index in [0.717, 1.165) is 5.69 Å². The molecule has 3 rings (SSSR count). The number of hydrogen-bond acceptors (Lipinski definition) is 3. The summed E-state index contributed by atoms with van der Waals surface area (Å²) in [5.41, 5.74) is 1.49. The summed E-state index contributed by atoms with van der Waals surface area (Å²) >= 11 is 0. The highest BCUT2D eigenvalue weighted by molar-refractivity contribution is 6.01. The summed E-state index contributed by atoms with van der Waals surface area (Å²) in [5.74, 6) is 0.588. The maximum atomic E-state index is 12.8. The topological polar surface area (TPSA) is 61.9 Å². The summed E-state index contributed by atoms with van der Waals surface area (Å²) in [6.45, 7) is 2.65. The SMILES string of the molecule is COc1cccc(N2CCN(C(=O)Nc3ccccc3)[C@H](C)C2=O)c1. The second-order valence-corrected chi connectivity index (χ2v) is 5.86. The molecular weight excluding hydrogens is 318 g/mol. The summed E-state index contributed by atoms with van der Waals surface area (Å²) in [5, 5.41) is 2.83. The number of anilines is 2. The Hall–Kier alpha value is -3.02. The fraction of sp³-hybridized carbons (Fsp3) is 0.263. The number of para-hydroxylation sites is 1. The van der Waals surface area contributed by atoms with Gasteiger partial charge in [0.05, 0.1) is 7.11 Å². The number of hydrogen-bond donors (Lipinski definition) is 1. The van der Waals surface area contributed by atoms with E-state index in [2.05, 4.69) is 5.32 Å². The maximum Gasteiger partial charge on any atom is 0.322 e. The Kier molecular flexibility index (Phi) is 4.88. The number of benzene rings is 2. The standard InChI is InChI=1S/C19H21N3O3/c1-14-18(23)22(16-9-6-10-17(13-16)25-2)12-11-21(14)19(24)20-15-7-4-3-5-8-15/h3-10,13-14H,11-12H2,1-2H3,(H,20,24)/t14-/m1/s1. The van der Waals surface area contributed by atoms with Crippen molar-refractivity contribution >= 4 is 23.3 Å². The molecule has 6 heteroatoms. The van der Waals surface area contributed by atoms with Crippen molar-refractivity contribution in [2.45, 2.75) is 13.0 Å². The van der Waals surface area contributed by atoms with Crippen LogP contribution in [0.4, 0.5) is 16.2 Å². The molecule has 1 aliphatic rings. The number of piperazine rings is 1. The van der Waals surface area contributed by atoms with Crippen LogP contribution >= 0.6 is 0 Å². The summed E-state index contributed by atoms with van der Waals surface area (Å²) in [6.07, 6.45) is 0. The molecule has 1 saturated heterocycles. The Labute approximate surface area is 147 Å². The molecule has 0 radical (unpaired) electrons. The quantitative estimate of drug-likeness (QED) is 0.935. The third-order valence-electron chi connectivity index (χ3n) is 4.31. The fourth-order valence-electron chi connectivity index (χ4n) is 2.90. The van der Waals surface area contributed by atoms with E-state index in [1.807, 2.05) is 54.6 Å². The van der Waals surface area contributed by atoms with Crippen molar-refractivity contribution in [3.63, 3.8) is 0 Å². The predicted octanol–water partition coefficient (Wildman–Crippen LogP) is 2.96. The lowest BCUT2D eigenvalue weighted by Gasteiger charge is -2.39. The van der Waals surface area contributed by atoms with Gasteiger partial charge in [0.15, 0.2) is 0 Å². The monoisotopic (exact) mass is 339 g/mol. The largest absolute Gasteiger partial charge is 0.497 e. The van der Waals surface area contributed by atoms with E-state index >= 15 is 0 Å². The number of rotatable bonds is 3. The van der Waals surface area contributed by atoms with Gasteiger partial charge in [0.25, 0.3) is 0 Å². The first-order valence-electron chi connectivity index (χ1n) is 8.18. The number of amides is 3. The van der Waals surface area contributed by atoms with E-state index in [1.54, 1.807) is 23.8 Å². The summed E-state index contributed by atoms with van der Waals surface area (Å²) in [7, 11) is 1.59. The van der Waals surface area contributed by atoms with Crippen LogP contribution in [-0.2, 0) is 4.79 Å². The first kappa shape index (κ1) is 16.8. The van der Waals surface area contributed by atoms with E-state index in [9.17, 15) is 9.59 Å². The minimum atomic E-state index is -0.538. The van der Waals surface area contributed by atoms with Gasteiger partial charge in [0.1, 0.15) is 11.8 Å². The van der Waals surface area contributed by atoms with Gasteiger partial charge in [-0.15, -0.1) is 0 Å². The lowest BCUT2D eigenvalue weighted by atomic mass is 10.1. The molecule has 2 aromatic carbocycles. The van der Waals surface area contributed by atoms with E-state index < -0.39 is 6.04 Å². The Bertz CT molecular complexity index is 764. The van der Waals surface area contributed by atoms with E-state index in [1.165, 1.54) is 0 Å². The molecule has 3 amide bonds. The van der Waals surface area contributed by atoms with Crippen molar-refractivity contribution in [2.24, 2.45) is 0 Å². The predicted molar refractivity (Wildman–Crippen MR) is 97.0 cm³/mol. The summed E-state index contributed by atoms with van der Waals surface area (Å²) < 4.78 is 5.22. The van der Waals surface area contributed by atoms with Crippen LogP contribution in [0.5, 0.6) is 5.75 Å². The fourth-order valence-corrected chi connectivity index (χ4v) is 2.90. The molecule has 0 spiro atoms. The van der Waals surface area contributed by atoms with E-state index in [-0.39, 0.29) is 11.9 Å². The smallest absolute Gasteiger partial charge is 0.322 e. The number of nitrogens with zero attached hydrogens (tertiary/aromatic N) is 2. The van der Waals surface area contributed by atoms with Crippen LogP contribution in [0.2, 0.25) is 0 Å². The van der Waals surface area contributed by atoms with Crippen molar-refractivity contribution in [1.29, 1.82) is 0 Å². The molecule has 0 bridgehead atoms. The van der Waals surface area contributed by atoms with Gasteiger partial charge in [-0.2, -0.15) is 0 Å². The molecule has 1 atom stereocenters. The second kappa shape index (κ2) is 7.25. The number of carbonyl (C=O) groups excluding carboxylic acids is 2. The summed E-state index contributed by atoms with van der Waals surface area (Å²) in [6, 6.07) is 15.8.